The van der Waals surface area contributed by atoms with Gasteiger partial charge in [0.15, 0.2) is 0 Å². The molecule has 1 fully saturated rings. The fourth-order valence-corrected chi connectivity index (χ4v) is 4.02. The number of hydrogen-bond acceptors (Lipinski definition) is 4. The Hall–Kier alpha value is -2.99. The summed E-state index contributed by atoms with van der Waals surface area (Å²) in [5.41, 5.74) is 3.73. The van der Waals surface area contributed by atoms with Crippen molar-refractivity contribution in [2.24, 2.45) is 7.05 Å². The molecule has 136 valence electrons. The average molecular weight is 359 g/mol. The molecule has 0 radical (unpaired) electrons. The zero-order valence-electron chi connectivity index (χ0n) is 15.2. The Morgan fingerprint density at radius 2 is 1.93 bits per heavy atom. The number of aromatic nitrogens is 4. The molecule has 0 saturated carbocycles. The number of aryl methyl sites for hydroxylation is 1. The normalized spacial score (nSPS) is 15.6. The molecule has 0 unspecified atom stereocenters. The molecule has 1 aliphatic rings. The van der Waals surface area contributed by atoms with Gasteiger partial charge in [0.2, 0.25) is 0 Å². The van der Waals surface area contributed by atoms with E-state index in [0.29, 0.717) is 11.3 Å². The molecular weight excluding hydrogens is 338 g/mol. The van der Waals surface area contributed by atoms with Crippen LogP contribution in [0.2, 0.25) is 0 Å². The lowest BCUT2D eigenvalue weighted by molar-refractivity contribution is 0.460. The van der Waals surface area contributed by atoms with Crippen molar-refractivity contribution in [1.82, 2.24) is 24.6 Å². The second-order valence-corrected chi connectivity index (χ2v) is 7.27. The third-order valence-corrected chi connectivity index (χ3v) is 5.47. The number of hydrogen-bond donors (Lipinski definition) is 1. The molecule has 3 heterocycles. The maximum atomic E-state index is 13.0. The zero-order chi connectivity index (χ0) is 18.4. The Bertz CT molecular complexity index is 1200. The van der Waals surface area contributed by atoms with Gasteiger partial charge in [-0.1, -0.05) is 6.07 Å². The highest BCUT2D eigenvalue weighted by Crippen LogP contribution is 2.27. The van der Waals surface area contributed by atoms with Gasteiger partial charge in [0, 0.05) is 18.6 Å². The maximum Gasteiger partial charge on any atom is 0.265 e. The van der Waals surface area contributed by atoms with Crippen molar-refractivity contribution in [3.05, 3.63) is 64.8 Å². The fourth-order valence-electron chi connectivity index (χ4n) is 4.02. The van der Waals surface area contributed by atoms with Crippen molar-refractivity contribution in [2.75, 3.05) is 13.1 Å². The van der Waals surface area contributed by atoms with E-state index in [4.69, 9.17) is 0 Å². The summed E-state index contributed by atoms with van der Waals surface area (Å²) in [7, 11) is 1.89. The highest BCUT2D eigenvalue weighted by Gasteiger charge is 2.16. The molecule has 2 aromatic heterocycles. The SMILES string of the molecule is Cn1cc2cc(-n3cnc4cc(C5CCNCC5)ccc4c3=O)ccc2n1. The molecule has 6 heteroatoms. The van der Waals surface area contributed by atoms with Gasteiger partial charge in [-0.15, -0.1) is 0 Å². The number of nitrogens with one attached hydrogen (secondary N) is 1. The van der Waals surface area contributed by atoms with E-state index in [2.05, 4.69) is 27.5 Å². The van der Waals surface area contributed by atoms with Crippen LogP contribution in [0.5, 0.6) is 0 Å². The van der Waals surface area contributed by atoms with Crippen LogP contribution in [0.25, 0.3) is 27.5 Å². The first-order chi connectivity index (χ1) is 13.2. The number of nitrogens with zero attached hydrogens (tertiary/aromatic N) is 4. The van der Waals surface area contributed by atoms with Crippen molar-refractivity contribution >= 4 is 21.8 Å². The minimum Gasteiger partial charge on any atom is -0.317 e. The zero-order valence-corrected chi connectivity index (χ0v) is 15.2. The number of fused-ring (bicyclic) bond motifs is 2. The van der Waals surface area contributed by atoms with Gasteiger partial charge >= 0.3 is 0 Å². The van der Waals surface area contributed by atoms with E-state index in [0.717, 1.165) is 48.0 Å². The molecule has 1 aliphatic heterocycles. The Morgan fingerprint density at radius 1 is 1.07 bits per heavy atom. The van der Waals surface area contributed by atoms with Gasteiger partial charge in [0.05, 0.1) is 22.1 Å². The van der Waals surface area contributed by atoms with E-state index < -0.39 is 0 Å². The molecule has 2 aromatic carbocycles. The van der Waals surface area contributed by atoms with Crippen LogP contribution in [0.4, 0.5) is 0 Å². The van der Waals surface area contributed by atoms with E-state index >= 15 is 0 Å². The summed E-state index contributed by atoms with van der Waals surface area (Å²) in [6, 6.07) is 11.9. The van der Waals surface area contributed by atoms with Gasteiger partial charge in [0.25, 0.3) is 5.56 Å². The predicted octanol–water partition coefficient (Wildman–Crippen LogP) is 2.74. The summed E-state index contributed by atoms with van der Waals surface area (Å²) in [4.78, 5) is 17.6. The molecule has 0 aliphatic carbocycles. The third-order valence-electron chi connectivity index (χ3n) is 5.47. The molecule has 0 atom stereocenters. The van der Waals surface area contributed by atoms with Crippen molar-refractivity contribution < 1.29 is 0 Å². The maximum absolute atomic E-state index is 13.0. The van der Waals surface area contributed by atoms with Crippen molar-refractivity contribution in [3.8, 4) is 5.69 Å². The first kappa shape index (κ1) is 16.2. The van der Waals surface area contributed by atoms with Crippen molar-refractivity contribution in [1.29, 1.82) is 0 Å². The van der Waals surface area contributed by atoms with E-state index in [9.17, 15) is 4.79 Å². The smallest absolute Gasteiger partial charge is 0.265 e. The Labute approximate surface area is 156 Å². The summed E-state index contributed by atoms with van der Waals surface area (Å²) in [6.45, 7) is 2.10. The molecule has 27 heavy (non-hydrogen) atoms. The minimum absolute atomic E-state index is 0.0416. The number of rotatable bonds is 2. The predicted molar refractivity (Wildman–Crippen MR) is 106 cm³/mol. The molecule has 1 N–H and O–H groups in total. The molecule has 0 amide bonds. The second kappa shape index (κ2) is 6.32. The quantitative estimate of drug-likeness (QED) is 0.598. The van der Waals surface area contributed by atoms with Gasteiger partial charge in [0.1, 0.15) is 6.33 Å². The summed E-state index contributed by atoms with van der Waals surface area (Å²) < 4.78 is 3.39. The van der Waals surface area contributed by atoms with Crippen molar-refractivity contribution in [2.45, 2.75) is 18.8 Å². The van der Waals surface area contributed by atoms with Crippen LogP contribution in [-0.4, -0.2) is 32.4 Å². The highest BCUT2D eigenvalue weighted by molar-refractivity contribution is 5.81. The molecular formula is C21H21N5O. The highest BCUT2D eigenvalue weighted by atomic mass is 16.1. The standard InChI is InChI=1S/C21H21N5O/c1-25-12-16-10-17(3-5-19(16)24-25)26-13-23-20-11-15(2-4-18(20)21(26)27)14-6-8-22-9-7-14/h2-5,10-14,22H,6-9H2,1H3. The van der Waals surface area contributed by atoms with Crippen LogP contribution in [-0.2, 0) is 7.05 Å². The van der Waals surface area contributed by atoms with Crippen LogP contribution in [0.3, 0.4) is 0 Å². The second-order valence-electron chi connectivity index (χ2n) is 7.27. The molecule has 0 spiro atoms. The third kappa shape index (κ3) is 2.82. The summed E-state index contributed by atoms with van der Waals surface area (Å²) in [5.74, 6) is 0.549. The molecule has 5 rings (SSSR count). The van der Waals surface area contributed by atoms with Crippen LogP contribution in [0.1, 0.15) is 24.3 Å². The van der Waals surface area contributed by atoms with Crippen LogP contribution < -0.4 is 10.9 Å². The Kier molecular flexibility index (Phi) is 3.79. The lowest BCUT2D eigenvalue weighted by Gasteiger charge is -2.23. The molecule has 1 saturated heterocycles. The van der Waals surface area contributed by atoms with E-state index in [1.54, 1.807) is 15.6 Å². The Morgan fingerprint density at radius 3 is 2.78 bits per heavy atom. The first-order valence-electron chi connectivity index (χ1n) is 9.35. The fraction of sp³-hybridized carbons (Fsp3) is 0.286. The summed E-state index contributed by atoms with van der Waals surface area (Å²) in [6.07, 6.45) is 5.85. The lowest BCUT2D eigenvalue weighted by Crippen LogP contribution is -2.26. The van der Waals surface area contributed by atoms with Gasteiger partial charge in [-0.3, -0.25) is 14.0 Å². The van der Waals surface area contributed by atoms with Crippen molar-refractivity contribution in [3.63, 3.8) is 0 Å². The molecule has 6 nitrogen and oxygen atoms in total. The number of benzene rings is 2. The van der Waals surface area contributed by atoms with Gasteiger partial charge < -0.3 is 5.32 Å². The van der Waals surface area contributed by atoms with Crippen LogP contribution in [0.15, 0.2) is 53.7 Å². The van der Waals surface area contributed by atoms with Crippen LogP contribution >= 0.6 is 0 Å². The van der Waals surface area contributed by atoms with Crippen LogP contribution in [0, 0.1) is 0 Å². The van der Waals surface area contributed by atoms with E-state index in [-0.39, 0.29) is 5.56 Å². The molecule has 4 aromatic rings. The topological polar surface area (TPSA) is 64.7 Å². The first-order valence-corrected chi connectivity index (χ1v) is 9.35. The number of piperidine rings is 1. The minimum atomic E-state index is -0.0416. The monoisotopic (exact) mass is 359 g/mol. The summed E-state index contributed by atoms with van der Waals surface area (Å²) in [5, 5.41) is 9.44. The van der Waals surface area contributed by atoms with E-state index in [1.165, 1.54) is 5.56 Å². The lowest BCUT2D eigenvalue weighted by atomic mass is 9.90. The molecule has 0 bridgehead atoms. The summed E-state index contributed by atoms with van der Waals surface area (Å²) >= 11 is 0. The van der Waals surface area contributed by atoms with Gasteiger partial charge in [-0.05, 0) is 67.7 Å². The Balaban J connectivity index is 1.58. The van der Waals surface area contributed by atoms with E-state index in [1.807, 2.05) is 37.5 Å². The van der Waals surface area contributed by atoms with Gasteiger partial charge in [-0.25, -0.2) is 4.98 Å². The average Bonchev–Trinajstić information content (AvgIpc) is 3.08. The largest absolute Gasteiger partial charge is 0.317 e. The van der Waals surface area contributed by atoms with Gasteiger partial charge in [-0.2, -0.15) is 5.10 Å².